The molecule has 2 N–H and O–H groups in total. The van der Waals surface area contributed by atoms with Crippen molar-refractivity contribution in [1.82, 2.24) is 20.3 Å². The summed E-state index contributed by atoms with van der Waals surface area (Å²) in [4.78, 5) is 25.7. The second kappa shape index (κ2) is 8.74. The third kappa shape index (κ3) is 4.13. The zero-order valence-corrected chi connectivity index (χ0v) is 17.0. The van der Waals surface area contributed by atoms with Gasteiger partial charge in [-0.05, 0) is 49.4 Å². The quantitative estimate of drug-likeness (QED) is 0.485. The lowest BCUT2D eigenvalue weighted by atomic mass is 10.1. The van der Waals surface area contributed by atoms with Crippen LogP contribution in [0.4, 0.5) is 15.9 Å². The summed E-state index contributed by atoms with van der Waals surface area (Å²) < 4.78 is 20.1. The number of hydrogen-bond donors (Lipinski definition) is 2. The van der Waals surface area contributed by atoms with Crippen LogP contribution in [0.5, 0.6) is 5.75 Å². The van der Waals surface area contributed by atoms with Gasteiger partial charge in [0.05, 0.1) is 23.4 Å². The summed E-state index contributed by atoms with van der Waals surface area (Å²) in [5.74, 6) is 0.347. The van der Waals surface area contributed by atoms with Crippen molar-refractivity contribution in [3.8, 4) is 17.1 Å². The van der Waals surface area contributed by atoms with Crippen molar-refractivity contribution in [1.29, 1.82) is 0 Å². The number of hydrogen-bond acceptors (Lipinski definition) is 6. The molecule has 7 nitrogen and oxygen atoms in total. The number of fused-ring (bicyclic) bond motifs is 1. The van der Waals surface area contributed by atoms with Crippen LogP contribution in [0.1, 0.15) is 17.3 Å². The van der Waals surface area contributed by atoms with E-state index in [1.165, 1.54) is 19.2 Å². The number of benzene rings is 2. The monoisotopic (exact) mass is 417 g/mol. The van der Waals surface area contributed by atoms with Crippen LogP contribution in [0.25, 0.3) is 22.3 Å². The van der Waals surface area contributed by atoms with Gasteiger partial charge in [-0.3, -0.25) is 9.78 Å². The number of amides is 1. The number of rotatable bonds is 6. The Morgan fingerprint density at radius 2 is 2.00 bits per heavy atom. The Bertz CT molecular complexity index is 1250. The summed E-state index contributed by atoms with van der Waals surface area (Å²) in [6.45, 7) is 2.40. The summed E-state index contributed by atoms with van der Waals surface area (Å²) in [7, 11) is 1.45. The minimum absolute atomic E-state index is 0.0966. The number of nitrogens with zero attached hydrogens (tertiary/aromatic N) is 3. The summed E-state index contributed by atoms with van der Waals surface area (Å²) in [6, 6.07) is 13.5. The number of ether oxygens (including phenoxy) is 1. The van der Waals surface area contributed by atoms with Crippen molar-refractivity contribution in [3.05, 3.63) is 72.3 Å². The highest BCUT2D eigenvalue weighted by molar-refractivity contribution is 6.02. The van der Waals surface area contributed by atoms with Crippen LogP contribution in [-0.2, 0) is 0 Å². The number of anilines is 2. The molecule has 0 fully saturated rings. The fourth-order valence-corrected chi connectivity index (χ4v) is 3.20. The van der Waals surface area contributed by atoms with Crippen LogP contribution in [0, 0.1) is 5.82 Å². The first-order chi connectivity index (χ1) is 15.1. The van der Waals surface area contributed by atoms with Gasteiger partial charge in [-0.15, -0.1) is 0 Å². The Balaban J connectivity index is 1.90. The molecule has 0 unspecified atom stereocenters. The Morgan fingerprint density at radius 3 is 2.74 bits per heavy atom. The second-order valence-corrected chi connectivity index (χ2v) is 6.62. The molecule has 0 atom stereocenters. The van der Waals surface area contributed by atoms with Crippen molar-refractivity contribution in [3.63, 3.8) is 0 Å². The van der Waals surface area contributed by atoms with Gasteiger partial charge >= 0.3 is 0 Å². The number of carbonyl (C=O) groups is 1. The maximum atomic E-state index is 14.5. The lowest BCUT2D eigenvalue weighted by Crippen LogP contribution is -2.20. The maximum Gasteiger partial charge on any atom is 0.256 e. The van der Waals surface area contributed by atoms with Crippen molar-refractivity contribution < 1.29 is 13.9 Å². The molecule has 0 aliphatic heterocycles. The van der Waals surface area contributed by atoms with Gasteiger partial charge in [0.15, 0.2) is 5.82 Å². The van der Waals surface area contributed by atoms with Crippen molar-refractivity contribution >= 4 is 28.3 Å². The first-order valence-electron chi connectivity index (χ1n) is 9.73. The van der Waals surface area contributed by atoms with Crippen molar-refractivity contribution in [2.75, 3.05) is 19.0 Å². The molecule has 0 spiro atoms. The maximum absolute atomic E-state index is 14.5. The van der Waals surface area contributed by atoms with Crippen LogP contribution < -0.4 is 15.4 Å². The average molecular weight is 417 g/mol. The van der Waals surface area contributed by atoms with Gasteiger partial charge in [0.1, 0.15) is 17.4 Å². The standard InChI is InChI=1S/C23H20FN5O2/c1-3-31-15-9-10-18-16(12-15)22(29-21(27-18)14-6-5-11-26-13-14)28-19-8-4-7-17(24)20(19)23(30)25-2/h4-13H,3H2,1-2H3,(H,25,30)(H,27,28,29). The largest absolute Gasteiger partial charge is 0.494 e. The highest BCUT2D eigenvalue weighted by Crippen LogP contribution is 2.31. The third-order valence-electron chi connectivity index (χ3n) is 4.62. The molecule has 1 amide bonds. The summed E-state index contributed by atoms with van der Waals surface area (Å²) in [5, 5.41) is 6.26. The first-order valence-corrected chi connectivity index (χ1v) is 9.73. The molecule has 31 heavy (non-hydrogen) atoms. The molecule has 156 valence electrons. The SMILES string of the molecule is CCOc1ccc2nc(-c3cccnc3)nc(Nc3cccc(F)c3C(=O)NC)c2c1. The minimum Gasteiger partial charge on any atom is -0.494 e. The lowest BCUT2D eigenvalue weighted by Gasteiger charge is -2.15. The Hall–Kier alpha value is -4.07. The summed E-state index contributed by atoms with van der Waals surface area (Å²) in [6.07, 6.45) is 3.33. The summed E-state index contributed by atoms with van der Waals surface area (Å²) in [5.41, 5.74) is 1.59. The normalized spacial score (nSPS) is 10.7. The average Bonchev–Trinajstić information content (AvgIpc) is 2.79. The van der Waals surface area contributed by atoms with E-state index in [1.54, 1.807) is 24.5 Å². The van der Waals surface area contributed by atoms with Gasteiger partial charge in [0, 0.05) is 30.4 Å². The van der Waals surface area contributed by atoms with E-state index in [1.807, 2.05) is 31.2 Å². The van der Waals surface area contributed by atoms with Gasteiger partial charge in [0.2, 0.25) is 0 Å². The Labute approximate surface area is 178 Å². The summed E-state index contributed by atoms with van der Waals surface area (Å²) >= 11 is 0. The van der Waals surface area contributed by atoms with E-state index < -0.39 is 11.7 Å². The van der Waals surface area contributed by atoms with E-state index in [0.29, 0.717) is 40.6 Å². The molecular formula is C23H20FN5O2. The zero-order valence-electron chi connectivity index (χ0n) is 17.0. The number of halogens is 1. The van der Waals surface area contributed by atoms with Crippen molar-refractivity contribution in [2.45, 2.75) is 6.92 Å². The molecule has 0 saturated heterocycles. The van der Waals surface area contributed by atoms with Crippen LogP contribution in [0.2, 0.25) is 0 Å². The number of aromatic nitrogens is 3. The van der Waals surface area contributed by atoms with Crippen LogP contribution in [0.3, 0.4) is 0 Å². The molecule has 2 aromatic carbocycles. The van der Waals surface area contributed by atoms with E-state index in [0.717, 1.165) is 5.56 Å². The molecule has 8 heteroatoms. The van der Waals surface area contributed by atoms with Crippen LogP contribution >= 0.6 is 0 Å². The fraction of sp³-hybridized carbons (Fsp3) is 0.130. The molecule has 2 heterocycles. The van der Waals surface area contributed by atoms with E-state index in [2.05, 4.69) is 25.6 Å². The molecule has 4 aromatic rings. The van der Waals surface area contributed by atoms with Gasteiger partial charge in [-0.1, -0.05) is 6.07 Å². The van der Waals surface area contributed by atoms with E-state index in [-0.39, 0.29) is 5.56 Å². The van der Waals surface area contributed by atoms with Gasteiger partial charge in [0.25, 0.3) is 5.91 Å². The predicted octanol–water partition coefficient (Wildman–Crippen LogP) is 4.33. The molecule has 0 aliphatic carbocycles. The van der Waals surface area contributed by atoms with E-state index in [4.69, 9.17) is 4.74 Å². The highest BCUT2D eigenvalue weighted by Gasteiger charge is 2.18. The highest BCUT2D eigenvalue weighted by atomic mass is 19.1. The lowest BCUT2D eigenvalue weighted by molar-refractivity contribution is 0.0960. The molecule has 0 radical (unpaired) electrons. The number of carbonyl (C=O) groups excluding carboxylic acids is 1. The smallest absolute Gasteiger partial charge is 0.256 e. The molecule has 0 aliphatic rings. The van der Waals surface area contributed by atoms with Gasteiger partial charge in [-0.25, -0.2) is 14.4 Å². The molecular weight excluding hydrogens is 397 g/mol. The van der Waals surface area contributed by atoms with E-state index in [9.17, 15) is 9.18 Å². The number of pyridine rings is 1. The zero-order chi connectivity index (χ0) is 21.8. The third-order valence-corrected chi connectivity index (χ3v) is 4.62. The topological polar surface area (TPSA) is 89.0 Å². The van der Waals surface area contributed by atoms with Crippen LogP contribution in [-0.4, -0.2) is 34.5 Å². The molecule has 2 aromatic heterocycles. The molecule has 4 rings (SSSR count). The second-order valence-electron chi connectivity index (χ2n) is 6.62. The first kappa shape index (κ1) is 20.2. The van der Waals surface area contributed by atoms with Crippen molar-refractivity contribution in [2.24, 2.45) is 0 Å². The minimum atomic E-state index is -0.634. The molecule has 0 bridgehead atoms. The van der Waals surface area contributed by atoms with Gasteiger partial charge < -0.3 is 15.4 Å². The van der Waals surface area contributed by atoms with Crippen LogP contribution in [0.15, 0.2) is 60.9 Å². The predicted molar refractivity (Wildman–Crippen MR) is 117 cm³/mol. The fourth-order valence-electron chi connectivity index (χ4n) is 3.20. The van der Waals surface area contributed by atoms with Gasteiger partial charge in [-0.2, -0.15) is 0 Å². The molecule has 0 saturated carbocycles. The Morgan fingerprint density at radius 1 is 1.13 bits per heavy atom. The number of nitrogens with one attached hydrogen (secondary N) is 2. The van der Waals surface area contributed by atoms with E-state index >= 15 is 0 Å². The Kier molecular flexibility index (Phi) is 5.70.